The summed E-state index contributed by atoms with van der Waals surface area (Å²) in [6.45, 7) is 3.80. The number of anilines is 1. The summed E-state index contributed by atoms with van der Waals surface area (Å²) in [7, 11) is 0. The molecule has 2 aromatic heterocycles. The molecule has 3 rings (SSSR count). The highest BCUT2D eigenvalue weighted by Gasteiger charge is 2.33. The van der Waals surface area contributed by atoms with Gasteiger partial charge in [-0.2, -0.15) is 0 Å². The van der Waals surface area contributed by atoms with E-state index in [4.69, 9.17) is 5.73 Å². The smallest absolute Gasteiger partial charge is 0.195 e. The van der Waals surface area contributed by atoms with E-state index < -0.39 is 5.60 Å². The van der Waals surface area contributed by atoms with Crippen LogP contribution in [0.3, 0.4) is 0 Å². The molecule has 0 radical (unpaired) electrons. The molecule has 1 atom stereocenters. The van der Waals surface area contributed by atoms with Gasteiger partial charge in [-0.15, -0.1) is 11.3 Å². The van der Waals surface area contributed by atoms with Gasteiger partial charge in [0, 0.05) is 31.2 Å². The number of nitrogens with two attached hydrogens (primary N) is 1. The highest BCUT2D eigenvalue weighted by atomic mass is 32.1. The first-order valence-corrected chi connectivity index (χ1v) is 6.60. The topological polar surface area (TPSA) is 66.8 Å². The van der Waals surface area contributed by atoms with Crippen LogP contribution in [0.1, 0.15) is 19.0 Å². The van der Waals surface area contributed by atoms with Gasteiger partial charge in [-0.05, 0) is 13.3 Å². The second-order valence-electron chi connectivity index (χ2n) is 4.81. The second kappa shape index (κ2) is 3.69. The highest BCUT2D eigenvalue weighted by Crippen LogP contribution is 2.30. The van der Waals surface area contributed by atoms with E-state index in [9.17, 15) is 5.11 Å². The predicted molar refractivity (Wildman–Crippen MR) is 68.4 cm³/mol. The van der Waals surface area contributed by atoms with Gasteiger partial charge in [0.05, 0.1) is 11.3 Å². The maximum Gasteiger partial charge on any atom is 0.195 e. The Hall–Kier alpha value is -1.11. The summed E-state index contributed by atoms with van der Waals surface area (Å²) in [5, 5.41) is 12.0. The summed E-state index contributed by atoms with van der Waals surface area (Å²) >= 11 is 1.60. The van der Waals surface area contributed by atoms with Crippen molar-refractivity contribution in [1.82, 2.24) is 9.38 Å². The summed E-state index contributed by atoms with van der Waals surface area (Å²) in [6, 6.07) is 0. The van der Waals surface area contributed by atoms with Crippen LogP contribution in [0.5, 0.6) is 0 Å². The molecule has 0 bridgehead atoms. The van der Waals surface area contributed by atoms with Crippen molar-refractivity contribution in [3.8, 4) is 0 Å². The maximum absolute atomic E-state index is 10.0. The van der Waals surface area contributed by atoms with Gasteiger partial charge in [-0.25, -0.2) is 4.98 Å². The number of hydrogen-bond acceptors (Lipinski definition) is 5. The van der Waals surface area contributed by atoms with Gasteiger partial charge < -0.3 is 15.7 Å². The fourth-order valence-corrected chi connectivity index (χ4v) is 3.12. The van der Waals surface area contributed by atoms with Crippen LogP contribution >= 0.6 is 11.3 Å². The maximum atomic E-state index is 10.0. The average Bonchev–Trinajstić information content (AvgIpc) is 2.89. The molecule has 1 saturated heterocycles. The summed E-state index contributed by atoms with van der Waals surface area (Å²) in [4.78, 5) is 7.70. The molecule has 5 nitrogen and oxygen atoms in total. The number of aliphatic hydroxyl groups is 1. The number of imidazole rings is 1. The zero-order valence-electron chi connectivity index (χ0n) is 9.76. The fourth-order valence-electron chi connectivity index (χ4n) is 2.39. The monoisotopic (exact) mass is 252 g/mol. The Balaban J connectivity index is 2.02. The Bertz CT molecular complexity index is 545. The summed E-state index contributed by atoms with van der Waals surface area (Å²) in [5.41, 5.74) is 6.23. The van der Waals surface area contributed by atoms with E-state index in [-0.39, 0.29) is 0 Å². The molecule has 0 aliphatic carbocycles. The third-order valence-electron chi connectivity index (χ3n) is 3.28. The van der Waals surface area contributed by atoms with Crippen molar-refractivity contribution in [3.05, 3.63) is 17.3 Å². The van der Waals surface area contributed by atoms with Crippen molar-refractivity contribution in [1.29, 1.82) is 0 Å². The first-order valence-electron chi connectivity index (χ1n) is 5.72. The third kappa shape index (κ3) is 1.72. The number of rotatable bonds is 2. The van der Waals surface area contributed by atoms with E-state index >= 15 is 0 Å². The predicted octanol–water partition coefficient (Wildman–Crippen LogP) is 0.816. The lowest BCUT2D eigenvalue weighted by atomic mass is 10.1. The molecule has 1 fully saturated rings. The molecule has 2 aromatic rings. The van der Waals surface area contributed by atoms with Crippen LogP contribution in [-0.2, 0) is 6.54 Å². The summed E-state index contributed by atoms with van der Waals surface area (Å²) in [5.74, 6) is 0.928. The molecule has 3 heterocycles. The molecule has 3 N–H and O–H groups in total. The Morgan fingerprint density at radius 1 is 1.65 bits per heavy atom. The van der Waals surface area contributed by atoms with Crippen LogP contribution in [0.15, 0.2) is 11.6 Å². The van der Waals surface area contributed by atoms with Crippen LogP contribution in [0, 0.1) is 0 Å². The SMILES string of the molecule is CC1(O)CCN(c2nc3sccn3c2CN)C1. The lowest BCUT2D eigenvalue weighted by molar-refractivity contribution is 0.0839. The van der Waals surface area contributed by atoms with Crippen molar-refractivity contribution < 1.29 is 5.11 Å². The molecule has 0 spiro atoms. The van der Waals surface area contributed by atoms with Gasteiger partial charge in [-0.3, -0.25) is 4.40 Å². The van der Waals surface area contributed by atoms with Crippen molar-refractivity contribution >= 4 is 22.1 Å². The van der Waals surface area contributed by atoms with Crippen LogP contribution in [0.2, 0.25) is 0 Å². The van der Waals surface area contributed by atoms with Gasteiger partial charge in [0.2, 0.25) is 0 Å². The molecule has 0 saturated carbocycles. The number of hydrogen-bond donors (Lipinski definition) is 2. The van der Waals surface area contributed by atoms with Gasteiger partial charge in [0.1, 0.15) is 0 Å². The number of aromatic nitrogens is 2. The van der Waals surface area contributed by atoms with E-state index in [0.717, 1.165) is 29.4 Å². The lowest BCUT2D eigenvalue weighted by Crippen LogP contribution is -2.30. The lowest BCUT2D eigenvalue weighted by Gasteiger charge is -2.19. The number of nitrogens with zero attached hydrogens (tertiary/aromatic N) is 3. The number of fused-ring (bicyclic) bond motifs is 1. The zero-order chi connectivity index (χ0) is 12.0. The molecular weight excluding hydrogens is 236 g/mol. The van der Waals surface area contributed by atoms with Crippen molar-refractivity contribution in [2.24, 2.45) is 5.73 Å². The molecular formula is C11H16N4OS. The first kappa shape index (κ1) is 11.0. The van der Waals surface area contributed by atoms with Gasteiger partial charge in [0.15, 0.2) is 10.8 Å². The normalized spacial score (nSPS) is 25.0. The minimum Gasteiger partial charge on any atom is -0.388 e. The second-order valence-corrected chi connectivity index (χ2v) is 5.68. The van der Waals surface area contributed by atoms with E-state index in [2.05, 4.69) is 9.88 Å². The van der Waals surface area contributed by atoms with Crippen LogP contribution < -0.4 is 10.6 Å². The molecule has 0 amide bonds. The fraction of sp³-hybridized carbons (Fsp3) is 0.545. The van der Waals surface area contributed by atoms with Crippen molar-refractivity contribution in [2.45, 2.75) is 25.5 Å². The quantitative estimate of drug-likeness (QED) is 0.830. The number of β-amino-alcohol motifs (C(OH)–C–C–N with tert-alkyl or cyclic N) is 1. The minimum absolute atomic E-state index is 0.464. The Morgan fingerprint density at radius 3 is 3.12 bits per heavy atom. The van der Waals surface area contributed by atoms with E-state index in [1.165, 1.54) is 0 Å². The molecule has 92 valence electrons. The average molecular weight is 252 g/mol. The summed E-state index contributed by atoms with van der Waals surface area (Å²) < 4.78 is 2.03. The van der Waals surface area contributed by atoms with Crippen molar-refractivity contribution in [2.75, 3.05) is 18.0 Å². The molecule has 1 unspecified atom stereocenters. The standard InChI is InChI=1S/C11H16N4OS/c1-11(16)2-3-14(7-11)9-8(6-12)15-4-5-17-10(15)13-9/h4-5,16H,2-3,6-7,12H2,1H3. The van der Waals surface area contributed by atoms with Gasteiger partial charge in [-0.1, -0.05) is 0 Å². The molecule has 6 heteroatoms. The highest BCUT2D eigenvalue weighted by molar-refractivity contribution is 7.15. The van der Waals surface area contributed by atoms with Gasteiger partial charge in [0.25, 0.3) is 0 Å². The van der Waals surface area contributed by atoms with E-state index in [1.807, 2.05) is 22.9 Å². The van der Waals surface area contributed by atoms with E-state index in [1.54, 1.807) is 11.3 Å². The Labute approximate surface area is 103 Å². The molecule has 0 aromatic carbocycles. The van der Waals surface area contributed by atoms with E-state index in [0.29, 0.717) is 13.1 Å². The first-order chi connectivity index (χ1) is 8.11. The Kier molecular flexibility index (Phi) is 2.39. The third-order valence-corrected chi connectivity index (χ3v) is 4.04. The minimum atomic E-state index is -0.608. The zero-order valence-corrected chi connectivity index (χ0v) is 10.6. The molecule has 1 aliphatic rings. The Morgan fingerprint density at radius 2 is 2.47 bits per heavy atom. The van der Waals surface area contributed by atoms with Crippen LogP contribution in [0.25, 0.3) is 4.96 Å². The van der Waals surface area contributed by atoms with Crippen LogP contribution in [-0.4, -0.2) is 33.2 Å². The molecule has 17 heavy (non-hydrogen) atoms. The van der Waals surface area contributed by atoms with Gasteiger partial charge >= 0.3 is 0 Å². The summed E-state index contributed by atoms with van der Waals surface area (Å²) in [6.07, 6.45) is 2.77. The van der Waals surface area contributed by atoms with Crippen molar-refractivity contribution in [3.63, 3.8) is 0 Å². The van der Waals surface area contributed by atoms with Crippen LogP contribution in [0.4, 0.5) is 5.82 Å². The number of thiazole rings is 1. The molecule has 1 aliphatic heterocycles. The largest absolute Gasteiger partial charge is 0.388 e.